The minimum absolute atomic E-state index is 0. The number of piperidine rings is 1. The molecule has 4 rings (SSSR count). The van der Waals surface area contributed by atoms with Crippen LogP contribution in [0.15, 0.2) is 48.9 Å². The molecule has 1 fully saturated rings. The molecule has 0 amide bonds. The highest BCUT2D eigenvalue weighted by Crippen LogP contribution is 2.24. The third-order valence-electron chi connectivity index (χ3n) is 4.54. The van der Waals surface area contributed by atoms with E-state index in [1.165, 1.54) is 0 Å². The molecule has 3 heterocycles. The SMILES string of the molecule is COc1ccccc1-n1cc(-c2ccnc(NC3CCNCC3)n2)cn1.Cl. The number of hydrogen-bond acceptors (Lipinski definition) is 6. The van der Waals surface area contributed by atoms with Crippen molar-refractivity contribution in [1.29, 1.82) is 0 Å². The fraction of sp³-hybridized carbons (Fsp3) is 0.316. The molecule has 8 heteroatoms. The second-order valence-corrected chi connectivity index (χ2v) is 6.28. The minimum Gasteiger partial charge on any atom is -0.494 e. The summed E-state index contributed by atoms with van der Waals surface area (Å²) in [5.74, 6) is 1.44. The first-order valence-electron chi connectivity index (χ1n) is 8.82. The van der Waals surface area contributed by atoms with E-state index in [4.69, 9.17) is 4.74 Å². The van der Waals surface area contributed by atoms with Crippen LogP contribution < -0.4 is 15.4 Å². The van der Waals surface area contributed by atoms with Gasteiger partial charge in [0.15, 0.2) is 0 Å². The van der Waals surface area contributed by atoms with Crippen LogP contribution in [0.1, 0.15) is 12.8 Å². The van der Waals surface area contributed by atoms with Gasteiger partial charge in [0.05, 0.1) is 19.0 Å². The molecule has 2 aromatic heterocycles. The van der Waals surface area contributed by atoms with Crippen molar-refractivity contribution in [3.8, 4) is 22.7 Å². The Labute approximate surface area is 164 Å². The quantitative estimate of drug-likeness (QED) is 0.702. The summed E-state index contributed by atoms with van der Waals surface area (Å²) in [6.45, 7) is 2.06. The second-order valence-electron chi connectivity index (χ2n) is 6.28. The number of aromatic nitrogens is 4. The molecule has 0 atom stereocenters. The average Bonchev–Trinajstić information content (AvgIpc) is 3.19. The number of rotatable bonds is 5. The summed E-state index contributed by atoms with van der Waals surface area (Å²) in [6, 6.07) is 10.1. The zero-order valence-electron chi connectivity index (χ0n) is 15.1. The Kier molecular flexibility index (Phi) is 6.26. The van der Waals surface area contributed by atoms with Gasteiger partial charge in [0, 0.05) is 24.0 Å². The maximum atomic E-state index is 5.42. The summed E-state index contributed by atoms with van der Waals surface area (Å²) in [6.07, 6.45) is 7.71. The number of nitrogens with one attached hydrogen (secondary N) is 2. The smallest absolute Gasteiger partial charge is 0.223 e. The summed E-state index contributed by atoms with van der Waals surface area (Å²) in [5.41, 5.74) is 2.67. The van der Waals surface area contributed by atoms with E-state index in [2.05, 4.69) is 25.7 Å². The molecule has 0 spiro atoms. The van der Waals surface area contributed by atoms with Gasteiger partial charge in [0.1, 0.15) is 11.4 Å². The molecular formula is C19H23ClN6O. The molecule has 1 aliphatic rings. The van der Waals surface area contributed by atoms with E-state index in [0.29, 0.717) is 12.0 Å². The number of ether oxygens (including phenoxy) is 1. The normalized spacial score (nSPS) is 14.4. The largest absolute Gasteiger partial charge is 0.494 e. The molecule has 1 aromatic carbocycles. The van der Waals surface area contributed by atoms with Gasteiger partial charge in [-0.25, -0.2) is 14.6 Å². The lowest BCUT2D eigenvalue weighted by molar-refractivity contribution is 0.411. The Morgan fingerprint density at radius 2 is 2.00 bits per heavy atom. The lowest BCUT2D eigenvalue weighted by Gasteiger charge is -2.23. The fourth-order valence-electron chi connectivity index (χ4n) is 3.14. The van der Waals surface area contributed by atoms with Crippen LogP contribution in [0, 0.1) is 0 Å². The van der Waals surface area contributed by atoms with Crippen LogP contribution in [-0.4, -0.2) is 46.0 Å². The second kappa shape index (κ2) is 8.83. The highest BCUT2D eigenvalue weighted by atomic mass is 35.5. The lowest BCUT2D eigenvalue weighted by atomic mass is 10.1. The van der Waals surface area contributed by atoms with Crippen molar-refractivity contribution < 1.29 is 4.74 Å². The molecule has 0 bridgehead atoms. The number of benzene rings is 1. The van der Waals surface area contributed by atoms with Crippen LogP contribution in [0.25, 0.3) is 16.9 Å². The van der Waals surface area contributed by atoms with Crippen LogP contribution >= 0.6 is 12.4 Å². The Morgan fingerprint density at radius 1 is 1.19 bits per heavy atom. The number of methoxy groups -OCH3 is 1. The topological polar surface area (TPSA) is 76.9 Å². The van der Waals surface area contributed by atoms with E-state index < -0.39 is 0 Å². The van der Waals surface area contributed by atoms with E-state index >= 15 is 0 Å². The lowest BCUT2D eigenvalue weighted by Crippen LogP contribution is -2.35. The first-order valence-corrected chi connectivity index (χ1v) is 8.82. The van der Waals surface area contributed by atoms with E-state index in [1.54, 1.807) is 18.0 Å². The van der Waals surface area contributed by atoms with Crippen molar-refractivity contribution >= 4 is 18.4 Å². The van der Waals surface area contributed by atoms with E-state index in [1.807, 2.05) is 42.7 Å². The van der Waals surface area contributed by atoms with Gasteiger partial charge >= 0.3 is 0 Å². The van der Waals surface area contributed by atoms with Crippen molar-refractivity contribution in [3.63, 3.8) is 0 Å². The van der Waals surface area contributed by atoms with Crippen LogP contribution in [0.5, 0.6) is 5.75 Å². The summed E-state index contributed by atoms with van der Waals surface area (Å²) in [7, 11) is 1.66. The monoisotopic (exact) mass is 386 g/mol. The summed E-state index contributed by atoms with van der Waals surface area (Å²) >= 11 is 0. The van der Waals surface area contributed by atoms with Crippen molar-refractivity contribution in [2.75, 3.05) is 25.5 Å². The molecule has 3 aromatic rings. The Morgan fingerprint density at radius 3 is 2.81 bits per heavy atom. The molecular weight excluding hydrogens is 364 g/mol. The van der Waals surface area contributed by atoms with Gasteiger partial charge in [-0.05, 0) is 44.1 Å². The van der Waals surface area contributed by atoms with Crippen LogP contribution in [-0.2, 0) is 0 Å². The van der Waals surface area contributed by atoms with Gasteiger partial charge in [-0.1, -0.05) is 12.1 Å². The molecule has 0 saturated carbocycles. The minimum atomic E-state index is 0. The standard InChI is InChI=1S/C19H22N6O.ClH/c1-26-18-5-3-2-4-17(18)25-13-14(12-22-25)16-8-11-21-19(24-16)23-15-6-9-20-10-7-15;/h2-5,8,11-13,15,20H,6-7,9-10H2,1H3,(H,21,23,24);1H. The highest BCUT2D eigenvalue weighted by Gasteiger charge is 2.14. The van der Waals surface area contributed by atoms with Crippen molar-refractivity contribution in [2.24, 2.45) is 0 Å². The first kappa shape index (κ1) is 19.1. The average molecular weight is 387 g/mol. The number of hydrogen-bond donors (Lipinski definition) is 2. The molecule has 27 heavy (non-hydrogen) atoms. The fourth-order valence-corrected chi connectivity index (χ4v) is 3.14. The van der Waals surface area contributed by atoms with Gasteiger partial charge in [-0.2, -0.15) is 5.10 Å². The molecule has 2 N–H and O–H groups in total. The Bertz CT molecular complexity index is 878. The maximum absolute atomic E-state index is 5.42. The molecule has 7 nitrogen and oxygen atoms in total. The van der Waals surface area contributed by atoms with Gasteiger partial charge < -0.3 is 15.4 Å². The molecule has 0 radical (unpaired) electrons. The van der Waals surface area contributed by atoms with Crippen molar-refractivity contribution in [2.45, 2.75) is 18.9 Å². The zero-order valence-corrected chi connectivity index (χ0v) is 15.9. The Balaban J connectivity index is 0.00000210. The maximum Gasteiger partial charge on any atom is 0.223 e. The number of anilines is 1. The predicted molar refractivity (Wildman–Crippen MR) is 108 cm³/mol. The number of para-hydroxylation sites is 2. The molecule has 0 unspecified atom stereocenters. The molecule has 0 aliphatic carbocycles. The predicted octanol–water partition coefficient (Wildman–Crippen LogP) is 2.92. The van der Waals surface area contributed by atoms with Gasteiger partial charge in [0.25, 0.3) is 0 Å². The van der Waals surface area contributed by atoms with Crippen LogP contribution in [0.2, 0.25) is 0 Å². The van der Waals surface area contributed by atoms with Crippen molar-refractivity contribution in [1.82, 2.24) is 25.1 Å². The molecule has 1 aliphatic heterocycles. The van der Waals surface area contributed by atoms with Gasteiger partial charge in [0.2, 0.25) is 5.95 Å². The summed E-state index contributed by atoms with van der Waals surface area (Å²) in [5, 5.41) is 11.3. The first-order chi connectivity index (χ1) is 12.8. The third-order valence-corrected chi connectivity index (χ3v) is 4.54. The van der Waals surface area contributed by atoms with Crippen molar-refractivity contribution in [3.05, 3.63) is 48.9 Å². The number of halogens is 1. The van der Waals surface area contributed by atoms with Crippen LogP contribution in [0.4, 0.5) is 5.95 Å². The number of nitrogens with zero attached hydrogens (tertiary/aromatic N) is 4. The third kappa shape index (κ3) is 4.37. The van der Waals surface area contributed by atoms with Gasteiger partial charge in [-0.3, -0.25) is 0 Å². The summed E-state index contributed by atoms with van der Waals surface area (Å²) < 4.78 is 7.22. The Hall–Kier alpha value is -2.64. The van der Waals surface area contributed by atoms with E-state index in [0.717, 1.165) is 48.6 Å². The summed E-state index contributed by atoms with van der Waals surface area (Å²) in [4.78, 5) is 9.02. The molecule has 1 saturated heterocycles. The zero-order chi connectivity index (χ0) is 17.8. The molecule has 142 valence electrons. The van der Waals surface area contributed by atoms with E-state index in [-0.39, 0.29) is 12.4 Å². The van der Waals surface area contributed by atoms with Crippen LogP contribution in [0.3, 0.4) is 0 Å². The van der Waals surface area contributed by atoms with Gasteiger partial charge in [-0.15, -0.1) is 12.4 Å². The van der Waals surface area contributed by atoms with E-state index in [9.17, 15) is 0 Å². The highest BCUT2D eigenvalue weighted by molar-refractivity contribution is 5.85.